The van der Waals surface area contributed by atoms with Crippen LogP contribution in [0.4, 0.5) is 0 Å². The summed E-state index contributed by atoms with van der Waals surface area (Å²) in [7, 11) is 0. The van der Waals surface area contributed by atoms with E-state index in [1.54, 1.807) is 0 Å². The molecule has 0 N–H and O–H groups in total. The van der Waals surface area contributed by atoms with Gasteiger partial charge in [-0.15, -0.1) is 5.34 Å². The average molecular weight is 168 g/mol. The summed E-state index contributed by atoms with van der Waals surface area (Å²) in [5, 5.41) is 9.00. The molecule has 0 aromatic carbocycles. The van der Waals surface area contributed by atoms with Gasteiger partial charge in [-0.3, -0.25) is 0 Å². The van der Waals surface area contributed by atoms with E-state index in [9.17, 15) is 0 Å². The van der Waals surface area contributed by atoms with Crippen molar-refractivity contribution in [3.8, 4) is 0 Å². The first kappa shape index (κ1) is 8.88. The van der Waals surface area contributed by atoms with Gasteiger partial charge in [0.1, 0.15) is 0 Å². The van der Waals surface area contributed by atoms with Crippen LogP contribution in [0, 0.1) is 10.1 Å². The molecule has 0 fully saturated rings. The molecule has 0 aromatic heterocycles. The second-order valence-corrected chi connectivity index (χ2v) is 0.0745. The average Bonchev–Trinajstić information content (AvgIpc) is 0.918. The molecule has 0 heterocycles. The van der Waals surface area contributed by atoms with E-state index in [4.69, 9.17) is 10.1 Å². The molecule has 4 heteroatoms. The van der Waals surface area contributed by atoms with Crippen LogP contribution in [0.3, 0.4) is 0 Å². The molecular weight excluding hydrogens is 168 g/mol. The van der Waals surface area contributed by atoms with E-state index in [0.717, 1.165) is 5.34 Å². The first-order valence-electron chi connectivity index (χ1n) is 0.365. The van der Waals surface area contributed by atoms with Crippen LogP contribution in [-0.4, -0.2) is 24.4 Å². The Hall–Kier alpha value is 0.218. The zero-order valence-electron chi connectivity index (χ0n) is 1.71. The summed E-state index contributed by atoms with van der Waals surface area (Å²) in [6.07, 6.45) is 0. The van der Waals surface area contributed by atoms with Crippen LogP contribution in [-0.2, 0) is 0 Å². The van der Waals surface area contributed by atoms with E-state index < -0.39 is 0 Å². The van der Waals surface area contributed by atoms with Crippen molar-refractivity contribution >= 4 is 24.4 Å². The zero-order valence-corrected chi connectivity index (χ0v) is 4.26. The van der Waals surface area contributed by atoms with E-state index in [1.165, 1.54) is 0 Å². The molecule has 0 atom stereocenters. The van der Waals surface area contributed by atoms with Crippen LogP contribution >= 0.6 is 0 Å². The number of hydrogen-bond acceptors (Lipinski definition) is 3. The standard InChI is InChI=1S/HNO2.Sb/c2-1-3;/h(H,2,3);/p-1. The smallest absolute Gasteiger partial charge is 0 e. The summed E-state index contributed by atoms with van der Waals surface area (Å²) >= 11 is 0. The van der Waals surface area contributed by atoms with Crippen molar-refractivity contribution in [2.24, 2.45) is 5.34 Å². The van der Waals surface area contributed by atoms with E-state index in [-0.39, 0.29) is 24.4 Å². The summed E-state index contributed by atoms with van der Waals surface area (Å²) in [5.74, 6) is 0. The van der Waals surface area contributed by atoms with Crippen molar-refractivity contribution in [3.05, 3.63) is 10.1 Å². The second-order valence-electron chi connectivity index (χ2n) is 0.0745. The quantitative estimate of drug-likeness (QED) is 0.287. The third kappa shape index (κ3) is 69.1. The Kier molecular flexibility index (Phi) is 23.7. The zero-order chi connectivity index (χ0) is 2.71. The Labute approximate surface area is 40.4 Å². The van der Waals surface area contributed by atoms with Crippen LogP contribution in [0.15, 0.2) is 5.34 Å². The van der Waals surface area contributed by atoms with E-state index in [1.807, 2.05) is 0 Å². The van der Waals surface area contributed by atoms with Crippen LogP contribution in [0.1, 0.15) is 0 Å². The van der Waals surface area contributed by atoms with Crippen LogP contribution in [0.5, 0.6) is 0 Å². The van der Waals surface area contributed by atoms with Crippen molar-refractivity contribution in [3.63, 3.8) is 0 Å². The van der Waals surface area contributed by atoms with Crippen molar-refractivity contribution in [2.75, 3.05) is 0 Å². The second kappa shape index (κ2) is 10.7. The number of rotatable bonds is 0. The molecule has 0 rings (SSSR count). The van der Waals surface area contributed by atoms with Gasteiger partial charge in [-0.2, -0.15) is 0 Å². The summed E-state index contributed by atoms with van der Waals surface area (Å²) in [5.41, 5.74) is 0. The van der Waals surface area contributed by atoms with Gasteiger partial charge in [0.05, 0.1) is 0 Å². The minimum atomic E-state index is 0. The molecule has 0 saturated carbocycles. The first-order valence-corrected chi connectivity index (χ1v) is 0.365. The van der Waals surface area contributed by atoms with Crippen LogP contribution in [0.2, 0.25) is 0 Å². The number of hydrogen-bond donors (Lipinski definition) is 0. The Bertz CT molecular complexity index is 13.5. The molecule has 0 aliphatic heterocycles. The molecule has 3 nitrogen and oxygen atoms in total. The Morgan fingerprint density at radius 2 is 1.75 bits per heavy atom. The van der Waals surface area contributed by atoms with Crippen molar-refractivity contribution in [2.45, 2.75) is 0 Å². The molecule has 0 spiro atoms. The van der Waals surface area contributed by atoms with E-state index >= 15 is 0 Å². The molecule has 0 unspecified atom stereocenters. The van der Waals surface area contributed by atoms with Gasteiger partial charge in [0.2, 0.25) is 0 Å². The molecule has 0 amide bonds. The summed E-state index contributed by atoms with van der Waals surface area (Å²) in [4.78, 5) is 8.00. The van der Waals surface area contributed by atoms with Gasteiger partial charge in [-0.1, -0.05) is 0 Å². The fourth-order valence-corrected chi connectivity index (χ4v) is 0. The third-order valence-electron chi connectivity index (χ3n) is 0. The fourth-order valence-electron chi connectivity index (χ4n) is 0. The normalized spacial score (nSPS) is 3.00. The fraction of sp³-hybridized carbons (Fsp3) is 0. The largest absolute Gasteiger partial charge is 0.444 e. The van der Waals surface area contributed by atoms with Crippen LogP contribution in [0.25, 0.3) is 0 Å². The molecule has 0 aliphatic rings. The maximum Gasteiger partial charge on any atom is 0 e. The van der Waals surface area contributed by atoms with Gasteiger partial charge in [0.15, 0.2) is 0 Å². The molecule has 3 radical (unpaired) electrons. The van der Waals surface area contributed by atoms with Gasteiger partial charge in [0, 0.05) is 24.4 Å². The maximum absolute atomic E-state index is 8.00. The van der Waals surface area contributed by atoms with Crippen LogP contribution < -0.4 is 0 Å². The molecule has 23 valence electrons. The van der Waals surface area contributed by atoms with E-state index in [0.29, 0.717) is 0 Å². The van der Waals surface area contributed by atoms with Gasteiger partial charge < -0.3 is 10.1 Å². The molecule has 0 saturated heterocycles. The van der Waals surface area contributed by atoms with Gasteiger partial charge in [-0.25, -0.2) is 0 Å². The summed E-state index contributed by atoms with van der Waals surface area (Å²) in [6, 6.07) is 0. The van der Waals surface area contributed by atoms with Gasteiger partial charge in [0.25, 0.3) is 0 Å². The first-order chi connectivity index (χ1) is 1.41. The maximum atomic E-state index is 8.00. The predicted molar refractivity (Wildman–Crippen MR) is 14.9 cm³/mol. The molecule has 0 aromatic rings. The minimum absolute atomic E-state index is 0. The summed E-state index contributed by atoms with van der Waals surface area (Å²) < 4.78 is 0. The minimum Gasteiger partial charge on any atom is -0.444 e. The number of nitrogens with zero attached hydrogens (tertiary/aromatic N) is 1. The van der Waals surface area contributed by atoms with Crippen molar-refractivity contribution in [1.82, 2.24) is 0 Å². The predicted octanol–water partition coefficient (Wildman–Crippen LogP) is -0.130. The van der Waals surface area contributed by atoms with Crippen molar-refractivity contribution < 1.29 is 0 Å². The third-order valence-corrected chi connectivity index (χ3v) is 0. The molecular formula is NO2Sb-. The SMILES string of the molecule is O=N[O-].[Sb]. The van der Waals surface area contributed by atoms with Gasteiger partial charge in [-0.05, 0) is 0 Å². The Morgan fingerprint density at radius 1 is 1.75 bits per heavy atom. The molecule has 0 bridgehead atoms. The Balaban J connectivity index is 0. The molecule has 4 heavy (non-hydrogen) atoms. The molecule has 0 aliphatic carbocycles. The van der Waals surface area contributed by atoms with E-state index in [2.05, 4.69) is 0 Å². The topological polar surface area (TPSA) is 52.5 Å². The van der Waals surface area contributed by atoms with Crippen molar-refractivity contribution in [1.29, 1.82) is 0 Å². The summed E-state index contributed by atoms with van der Waals surface area (Å²) in [6.45, 7) is 0. The van der Waals surface area contributed by atoms with Gasteiger partial charge >= 0.3 is 0 Å². The monoisotopic (exact) mass is 167 g/mol. The Morgan fingerprint density at radius 3 is 1.75 bits per heavy atom.